The molecule has 0 saturated carbocycles. The Morgan fingerprint density at radius 2 is 1.91 bits per heavy atom. The number of hydrogen-bond acceptors (Lipinski definition) is 4. The lowest BCUT2D eigenvalue weighted by Gasteiger charge is -2.22. The van der Waals surface area contributed by atoms with Crippen LogP contribution < -0.4 is 5.32 Å². The Labute approximate surface area is 200 Å². The van der Waals surface area contributed by atoms with Gasteiger partial charge in [0.05, 0.1) is 22.7 Å². The second kappa shape index (κ2) is 9.90. The van der Waals surface area contributed by atoms with Crippen LogP contribution >= 0.6 is 34.5 Å². The van der Waals surface area contributed by atoms with E-state index in [0.29, 0.717) is 26.5 Å². The van der Waals surface area contributed by atoms with Crippen LogP contribution in [0.3, 0.4) is 0 Å². The first kappa shape index (κ1) is 22.6. The van der Waals surface area contributed by atoms with Gasteiger partial charge in [0, 0.05) is 11.0 Å². The Balaban J connectivity index is 1.56. The quantitative estimate of drug-likeness (QED) is 0.320. The molecule has 0 saturated heterocycles. The van der Waals surface area contributed by atoms with E-state index in [0.717, 1.165) is 35.3 Å². The molecule has 0 fully saturated rings. The van der Waals surface area contributed by atoms with Gasteiger partial charge in [-0.3, -0.25) is 4.79 Å². The lowest BCUT2D eigenvalue weighted by atomic mass is 9.83. The van der Waals surface area contributed by atoms with E-state index in [2.05, 4.69) is 17.4 Å². The first-order valence-corrected chi connectivity index (χ1v) is 11.8. The van der Waals surface area contributed by atoms with Gasteiger partial charge in [0.15, 0.2) is 0 Å². The molecule has 1 unspecified atom stereocenters. The molecule has 0 aliphatic heterocycles. The summed E-state index contributed by atoms with van der Waals surface area (Å²) in [6.07, 6.45) is 5.61. The van der Waals surface area contributed by atoms with Crippen molar-refractivity contribution in [2.45, 2.75) is 25.2 Å². The fourth-order valence-corrected chi connectivity index (χ4v) is 5.57. The third-order valence-corrected chi connectivity index (χ3v) is 7.44. The zero-order valence-corrected chi connectivity index (χ0v) is 19.7. The number of carbonyl (C=O) groups excluding carboxylic acids is 2. The van der Waals surface area contributed by atoms with Crippen molar-refractivity contribution in [2.24, 2.45) is 0 Å². The number of hydrogen-bond donors (Lipinski definition) is 1. The zero-order chi connectivity index (χ0) is 22.7. The average molecular weight is 486 g/mol. The first-order chi connectivity index (χ1) is 15.5. The molecule has 164 valence electrons. The number of amides is 1. The van der Waals surface area contributed by atoms with Crippen LogP contribution in [0, 0.1) is 0 Å². The number of nitrogens with one attached hydrogen (secondary N) is 1. The van der Waals surface area contributed by atoms with E-state index < -0.39 is 5.97 Å². The Morgan fingerprint density at radius 3 is 2.62 bits per heavy atom. The van der Waals surface area contributed by atoms with Crippen molar-refractivity contribution in [1.29, 1.82) is 0 Å². The van der Waals surface area contributed by atoms with E-state index in [4.69, 9.17) is 27.9 Å². The Hall–Kier alpha value is -2.60. The molecule has 3 aromatic rings. The normalized spacial score (nSPS) is 15.4. The maximum Gasteiger partial charge on any atom is 0.341 e. The average Bonchev–Trinajstić information content (AvgIpc) is 3.16. The number of carbonyl (C=O) groups is 2. The summed E-state index contributed by atoms with van der Waals surface area (Å²) in [6.45, 7) is 0. The van der Waals surface area contributed by atoms with Crippen molar-refractivity contribution in [3.8, 4) is 0 Å². The highest BCUT2D eigenvalue weighted by Gasteiger charge is 2.30. The van der Waals surface area contributed by atoms with Gasteiger partial charge in [-0.25, -0.2) is 4.79 Å². The van der Waals surface area contributed by atoms with Crippen LogP contribution in [-0.2, 0) is 22.4 Å². The lowest BCUT2D eigenvalue weighted by Crippen LogP contribution is -2.15. The number of anilines is 1. The van der Waals surface area contributed by atoms with E-state index in [-0.39, 0.29) is 5.91 Å². The van der Waals surface area contributed by atoms with Gasteiger partial charge >= 0.3 is 5.97 Å². The second-order valence-corrected chi connectivity index (χ2v) is 9.47. The molecule has 0 spiro atoms. The summed E-state index contributed by atoms with van der Waals surface area (Å²) in [5.41, 5.74) is 3.49. The van der Waals surface area contributed by atoms with Crippen LogP contribution in [0.2, 0.25) is 10.0 Å². The van der Waals surface area contributed by atoms with Crippen LogP contribution in [-0.4, -0.2) is 19.0 Å². The molecule has 1 aliphatic carbocycles. The summed E-state index contributed by atoms with van der Waals surface area (Å²) in [5, 5.41) is 4.26. The Morgan fingerprint density at radius 1 is 1.12 bits per heavy atom. The van der Waals surface area contributed by atoms with Crippen LogP contribution in [0.25, 0.3) is 6.08 Å². The van der Waals surface area contributed by atoms with Crippen LogP contribution in [0.1, 0.15) is 44.3 Å². The number of halogens is 2. The summed E-state index contributed by atoms with van der Waals surface area (Å²) in [4.78, 5) is 26.3. The summed E-state index contributed by atoms with van der Waals surface area (Å²) in [7, 11) is 1.36. The maximum absolute atomic E-state index is 12.6. The largest absolute Gasteiger partial charge is 0.465 e. The molecule has 1 aromatic heterocycles. The molecule has 32 heavy (non-hydrogen) atoms. The van der Waals surface area contributed by atoms with E-state index in [1.807, 2.05) is 18.2 Å². The predicted molar refractivity (Wildman–Crippen MR) is 131 cm³/mol. The topological polar surface area (TPSA) is 55.4 Å². The highest BCUT2D eigenvalue weighted by Crippen LogP contribution is 2.42. The van der Waals surface area contributed by atoms with Crippen molar-refractivity contribution in [3.63, 3.8) is 0 Å². The summed E-state index contributed by atoms with van der Waals surface area (Å²) in [6, 6.07) is 15.5. The standard InChI is InChI=1S/C25H21Cl2NO3S/c1-31-25(30)23-18-10-9-17(16-5-3-2-4-6-16)14-21(18)32-24(23)28-22(29)12-8-15-7-11-19(26)20(27)13-15/h2-8,11-13,17H,9-10,14H2,1H3,(H,28,29). The summed E-state index contributed by atoms with van der Waals surface area (Å²) < 4.78 is 5.02. The number of thiophene rings is 1. The van der Waals surface area contributed by atoms with Gasteiger partial charge in [0.25, 0.3) is 0 Å². The third kappa shape index (κ3) is 4.90. The van der Waals surface area contributed by atoms with Gasteiger partial charge in [-0.1, -0.05) is 59.6 Å². The van der Waals surface area contributed by atoms with E-state index >= 15 is 0 Å². The van der Waals surface area contributed by atoms with Gasteiger partial charge in [-0.15, -0.1) is 11.3 Å². The molecule has 0 radical (unpaired) electrons. The molecule has 0 bridgehead atoms. The molecule has 1 atom stereocenters. The highest BCUT2D eigenvalue weighted by molar-refractivity contribution is 7.17. The second-order valence-electron chi connectivity index (χ2n) is 7.55. The number of ether oxygens (including phenoxy) is 1. The van der Waals surface area contributed by atoms with Crippen molar-refractivity contribution in [3.05, 3.63) is 91.8 Å². The molecule has 1 N–H and O–H groups in total. The maximum atomic E-state index is 12.6. The van der Waals surface area contributed by atoms with E-state index in [9.17, 15) is 9.59 Å². The van der Waals surface area contributed by atoms with Gasteiger partial charge in [-0.2, -0.15) is 0 Å². The summed E-state index contributed by atoms with van der Waals surface area (Å²) in [5.74, 6) is -0.366. The van der Waals surface area contributed by atoms with Crippen molar-refractivity contribution in [1.82, 2.24) is 0 Å². The number of methoxy groups -OCH3 is 1. The molecular formula is C25H21Cl2NO3S. The SMILES string of the molecule is COC(=O)c1c(NC(=O)C=Cc2ccc(Cl)c(Cl)c2)sc2c1CCC(c1ccccc1)C2. The number of esters is 1. The molecule has 4 rings (SSSR count). The fraction of sp³-hybridized carbons (Fsp3) is 0.200. The molecule has 7 heteroatoms. The number of fused-ring (bicyclic) bond motifs is 1. The lowest BCUT2D eigenvalue weighted by molar-refractivity contribution is -0.111. The molecule has 4 nitrogen and oxygen atoms in total. The minimum Gasteiger partial charge on any atom is -0.465 e. The molecule has 1 heterocycles. The number of rotatable bonds is 5. The molecular weight excluding hydrogens is 465 g/mol. The van der Waals surface area contributed by atoms with Crippen molar-refractivity contribution >= 4 is 57.5 Å². The van der Waals surface area contributed by atoms with Gasteiger partial charge < -0.3 is 10.1 Å². The van der Waals surface area contributed by atoms with Crippen LogP contribution in [0.4, 0.5) is 5.00 Å². The predicted octanol–water partition coefficient (Wildman–Crippen LogP) is 6.77. The smallest absolute Gasteiger partial charge is 0.341 e. The van der Waals surface area contributed by atoms with Crippen LogP contribution in [0.15, 0.2) is 54.6 Å². The highest BCUT2D eigenvalue weighted by atomic mass is 35.5. The number of benzene rings is 2. The van der Waals surface area contributed by atoms with Gasteiger partial charge in [0.1, 0.15) is 5.00 Å². The van der Waals surface area contributed by atoms with Crippen molar-refractivity contribution in [2.75, 3.05) is 12.4 Å². The Kier molecular flexibility index (Phi) is 6.99. The minimum atomic E-state index is -0.426. The molecule has 1 aliphatic rings. The fourth-order valence-electron chi connectivity index (χ4n) is 3.94. The first-order valence-electron chi connectivity index (χ1n) is 10.2. The zero-order valence-electron chi connectivity index (χ0n) is 17.4. The monoisotopic (exact) mass is 485 g/mol. The van der Waals surface area contributed by atoms with Crippen LogP contribution in [0.5, 0.6) is 0 Å². The van der Waals surface area contributed by atoms with E-state index in [1.54, 1.807) is 24.3 Å². The molecule has 1 amide bonds. The third-order valence-electron chi connectivity index (χ3n) is 5.53. The Bertz CT molecular complexity index is 1190. The minimum absolute atomic E-state index is 0.334. The van der Waals surface area contributed by atoms with E-state index in [1.165, 1.54) is 30.1 Å². The van der Waals surface area contributed by atoms with Gasteiger partial charge in [0.2, 0.25) is 5.91 Å². The molecule has 2 aromatic carbocycles. The van der Waals surface area contributed by atoms with Gasteiger partial charge in [-0.05, 0) is 60.1 Å². The summed E-state index contributed by atoms with van der Waals surface area (Å²) >= 11 is 13.4. The van der Waals surface area contributed by atoms with Crippen molar-refractivity contribution < 1.29 is 14.3 Å².